The molecule has 26 heavy (non-hydrogen) atoms. The summed E-state index contributed by atoms with van der Waals surface area (Å²) in [6.45, 7) is 0.540. The Hall–Kier alpha value is -3.19. The molecule has 0 aliphatic carbocycles. The lowest BCUT2D eigenvalue weighted by molar-refractivity contribution is 0.302. The van der Waals surface area contributed by atoms with Crippen molar-refractivity contribution in [1.29, 1.82) is 5.26 Å². The zero-order chi connectivity index (χ0) is 18.9. The molecule has 0 spiro atoms. The molecule has 11 heteroatoms. The van der Waals surface area contributed by atoms with E-state index in [1.54, 1.807) is 13.2 Å². The number of aromatic nitrogens is 2. The van der Waals surface area contributed by atoms with Crippen molar-refractivity contribution in [3.63, 3.8) is 0 Å². The van der Waals surface area contributed by atoms with Crippen LogP contribution in [0.15, 0.2) is 32.8 Å². The van der Waals surface area contributed by atoms with Gasteiger partial charge < -0.3 is 11.1 Å². The number of benzene rings is 1. The van der Waals surface area contributed by atoms with Gasteiger partial charge in [0, 0.05) is 13.6 Å². The van der Waals surface area contributed by atoms with E-state index in [2.05, 4.69) is 30.9 Å². The largest absolute Gasteiger partial charge is 0.382 e. The molecule has 0 unspecified atom stereocenters. The first kappa shape index (κ1) is 19.1. The third-order valence-corrected chi connectivity index (χ3v) is 3.52. The van der Waals surface area contributed by atoms with Crippen LogP contribution >= 0.6 is 11.6 Å². The quantitative estimate of drug-likeness (QED) is 0.227. The number of nitrogens with two attached hydrogens (primary N) is 1. The lowest BCUT2D eigenvalue weighted by Crippen LogP contribution is -2.35. The summed E-state index contributed by atoms with van der Waals surface area (Å²) in [5, 5.41) is 21.5. The van der Waals surface area contributed by atoms with Gasteiger partial charge in [-0.25, -0.2) is 14.0 Å². The molecule has 136 valence electrons. The number of hydrogen-bond acceptors (Lipinski definition) is 6. The smallest absolute Gasteiger partial charge is 0.204 e. The van der Waals surface area contributed by atoms with Crippen LogP contribution in [0.25, 0.3) is 0 Å². The number of amidine groups is 1. The van der Waals surface area contributed by atoms with Crippen molar-refractivity contribution in [2.24, 2.45) is 15.7 Å². The van der Waals surface area contributed by atoms with Crippen LogP contribution in [0.2, 0.25) is 5.02 Å². The zero-order valence-electron chi connectivity index (χ0n) is 13.8. The van der Waals surface area contributed by atoms with Gasteiger partial charge in [-0.2, -0.15) is 5.26 Å². The number of nitrogens with one attached hydrogen (secondary N) is 2. The number of nitrogens with zero attached hydrogens (tertiary/aromatic N) is 5. The van der Waals surface area contributed by atoms with Gasteiger partial charge in [-0.1, -0.05) is 16.8 Å². The van der Waals surface area contributed by atoms with Gasteiger partial charge in [-0.15, -0.1) is 0 Å². The fraction of sp³-hybridized carbons (Fsp3) is 0.267. The molecule has 0 aliphatic rings. The average Bonchev–Trinajstić information content (AvgIpc) is 3.09. The molecular formula is C15H16ClFN8O. The molecule has 0 bridgehead atoms. The van der Waals surface area contributed by atoms with Gasteiger partial charge in [-0.05, 0) is 36.2 Å². The lowest BCUT2D eigenvalue weighted by Gasteiger charge is -2.06. The number of aryl methyl sites for hydroxylation is 1. The Morgan fingerprint density at radius 2 is 2.27 bits per heavy atom. The van der Waals surface area contributed by atoms with E-state index in [1.807, 2.05) is 0 Å². The Bertz CT molecular complexity index is 858. The molecule has 4 N–H and O–H groups in total. The predicted octanol–water partition coefficient (Wildman–Crippen LogP) is 1.48. The molecule has 0 fully saturated rings. The normalized spacial score (nSPS) is 11.9. The minimum Gasteiger partial charge on any atom is -0.382 e. The summed E-state index contributed by atoms with van der Waals surface area (Å²) in [5.74, 6) is -0.0829. The highest BCUT2D eigenvalue weighted by molar-refractivity contribution is 6.31. The number of aliphatic imine (C=N–C) groups is 2. The van der Waals surface area contributed by atoms with Crippen LogP contribution in [0, 0.1) is 17.3 Å². The van der Waals surface area contributed by atoms with Crippen molar-refractivity contribution in [1.82, 2.24) is 20.9 Å². The summed E-state index contributed by atoms with van der Waals surface area (Å²) in [6.07, 6.45) is 2.95. The van der Waals surface area contributed by atoms with E-state index < -0.39 is 5.82 Å². The molecule has 0 saturated heterocycles. The first-order chi connectivity index (χ1) is 12.5. The van der Waals surface area contributed by atoms with Crippen LogP contribution in [0.4, 0.5) is 10.1 Å². The molecule has 0 saturated carbocycles. The van der Waals surface area contributed by atoms with Gasteiger partial charge in [0.15, 0.2) is 17.7 Å². The highest BCUT2D eigenvalue weighted by atomic mass is 35.5. The predicted molar refractivity (Wildman–Crippen MR) is 94.5 cm³/mol. The molecule has 0 atom stereocenters. The van der Waals surface area contributed by atoms with Crippen LogP contribution in [0.1, 0.15) is 17.8 Å². The van der Waals surface area contributed by atoms with E-state index in [-0.39, 0.29) is 10.9 Å². The van der Waals surface area contributed by atoms with Gasteiger partial charge >= 0.3 is 0 Å². The van der Waals surface area contributed by atoms with Gasteiger partial charge in [0.1, 0.15) is 11.5 Å². The molecule has 0 amide bonds. The van der Waals surface area contributed by atoms with Crippen LogP contribution in [0.3, 0.4) is 0 Å². The van der Waals surface area contributed by atoms with E-state index in [9.17, 15) is 4.39 Å². The molecule has 9 nitrogen and oxygen atoms in total. The third-order valence-electron chi connectivity index (χ3n) is 3.23. The maximum absolute atomic E-state index is 13.2. The van der Waals surface area contributed by atoms with E-state index in [4.69, 9.17) is 27.2 Å². The number of hydrogen-bond donors (Lipinski definition) is 3. The zero-order valence-corrected chi connectivity index (χ0v) is 14.6. The minimum atomic E-state index is -0.540. The van der Waals surface area contributed by atoms with E-state index in [0.29, 0.717) is 42.4 Å². The number of guanidine groups is 1. The maximum atomic E-state index is 13.2. The highest BCUT2D eigenvalue weighted by Gasteiger charge is 2.14. The Balaban J connectivity index is 2.00. The molecule has 1 aromatic carbocycles. The standard InChI is InChI=1S/C15H16ClFN8O/c1-20-15(22-8-18)21-6-2-3-12-13(25-26-24-12)14(19)23-9-4-5-11(17)10(16)7-9/h4-5,7H,2-3,6H2,1H3,(H2,19,23)(H2,20,21,22). The summed E-state index contributed by atoms with van der Waals surface area (Å²) in [5.41, 5.74) is 7.17. The average molecular weight is 379 g/mol. The number of nitriles is 1. The van der Waals surface area contributed by atoms with E-state index >= 15 is 0 Å². The van der Waals surface area contributed by atoms with E-state index in [1.165, 1.54) is 18.2 Å². The second-order valence-corrected chi connectivity index (χ2v) is 5.40. The first-order valence-corrected chi connectivity index (χ1v) is 7.89. The second kappa shape index (κ2) is 9.33. The minimum absolute atomic E-state index is 0.0528. The summed E-state index contributed by atoms with van der Waals surface area (Å²) < 4.78 is 17.9. The van der Waals surface area contributed by atoms with Gasteiger partial charge in [0.2, 0.25) is 5.96 Å². The van der Waals surface area contributed by atoms with E-state index in [0.717, 1.165) is 0 Å². The number of rotatable bonds is 6. The Morgan fingerprint density at radius 1 is 1.46 bits per heavy atom. The van der Waals surface area contributed by atoms with Gasteiger partial charge in [0.05, 0.1) is 10.7 Å². The van der Waals surface area contributed by atoms with Crippen molar-refractivity contribution in [2.75, 3.05) is 13.6 Å². The van der Waals surface area contributed by atoms with Crippen LogP contribution in [-0.2, 0) is 6.42 Å². The Labute approximate surface area is 153 Å². The fourth-order valence-corrected chi connectivity index (χ4v) is 2.18. The van der Waals surface area contributed by atoms with Gasteiger partial charge in [0.25, 0.3) is 0 Å². The van der Waals surface area contributed by atoms with Crippen molar-refractivity contribution in [2.45, 2.75) is 12.8 Å². The topological polar surface area (TPSA) is 138 Å². The summed E-state index contributed by atoms with van der Waals surface area (Å²) >= 11 is 5.72. The highest BCUT2D eigenvalue weighted by Crippen LogP contribution is 2.22. The SMILES string of the molecule is CN=C(NC#N)NCCCc1nonc1C(N)=Nc1ccc(F)c(Cl)c1. The summed E-state index contributed by atoms with van der Waals surface area (Å²) in [4.78, 5) is 8.03. The maximum Gasteiger partial charge on any atom is 0.204 e. The monoisotopic (exact) mass is 378 g/mol. The van der Waals surface area contributed by atoms with Gasteiger partial charge in [-0.3, -0.25) is 10.3 Å². The summed E-state index contributed by atoms with van der Waals surface area (Å²) in [7, 11) is 1.56. The van der Waals surface area contributed by atoms with Crippen LogP contribution in [-0.4, -0.2) is 35.7 Å². The molecule has 1 heterocycles. The van der Waals surface area contributed by atoms with Crippen molar-refractivity contribution >= 4 is 29.1 Å². The molecule has 2 rings (SSSR count). The Kier molecular flexibility index (Phi) is 6.87. The van der Waals surface area contributed by atoms with Crippen molar-refractivity contribution in [3.05, 3.63) is 40.4 Å². The molecule has 1 aromatic heterocycles. The summed E-state index contributed by atoms with van der Waals surface area (Å²) in [6, 6.07) is 4.00. The van der Waals surface area contributed by atoms with Crippen LogP contribution < -0.4 is 16.4 Å². The lowest BCUT2D eigenvalue weighted by atomic mass is 10.2. The molecular weight excluding hydrogens is 363 g/mol. The van der Waals surface area contributed by atoms with Crippen LogP contribution in [0.5, 0.6) is 0 Å². The van der Waals surface area contributed by atoms with Crippen molar-refractivity contribution < 1.29 is 9.02 Å². The second-order valence-electron chi connectivity index (χ2n) is 4.99. The molecule has 0 aliphatic heterocycles. The Morgan fingerprint density at radius 3 is 2.96 bits per heavy atom. The van der Waals surface area contributed by atoms with Crippen molar-refractivity contribution in [3.8, 4) is 6.19 Å². The molecule has 2 aromatic rings. The fourth-order valence-electron chi connectivity index (χ4n) is 2.01. The number of halogens is 2. The third kappa shape index (κ3) is 5.15. The first-order valence-electron chi connectivity index (χ1n) is 7.52. The molecule has 0 radical (unpaired) electrons.